The third kappa shape index (κ3) is 8.21. The minimum absolute atomic E-state index is 0.00749. The predicted octanol–water partition coefficient (Wildman–Crippen LogP) is 5.93. The average molecular weight is 656 g/mol. The van der Waals surface area contributed by atoms with Crippen molar-refractivity contribution in [1.82, 2.24) is 20.2 Å². The maximum Gasteiger partial charge on any atom is 0.251 e. The number of aliphatic hydroxyl groups is 1. The van der Waals surface area contributed by atoms with E-state index in [0.29, 0.717) is 12.1 Å². The Morgan fingerprint density at radius 1 is 0.755 bits per heavy atom. The van der Waals surface area contributed by atoms with Crippen LogP contribution in [-0.4, -0.2) is 64.7 Å². The molecular formula is C40H41N5O4. The summed E-state index contributed by atoms with van der Waals surface area (Å²) < 4.78 is 13.4. The second kappa shape index (κ2) is 15.5. The van der Waals surface area contributed by atoms with Gasteiger partial charge in [0.15, 0.2) is 6.29 Å². The molecule has 2 aliphatic heterocycles. The maximum atomic E-state index is 12.6. The number of rotatable bonds is 10. The Morgan fingerprint density at radius 2 is 1.49 bits per heavy atom. The van der Waals surface area contributed by atoms with Gasteiger partial charge in [0.25, 0.3) is 5.91 Å². The van der Waals surface area contributed by atoms with Crippen molar-refractivity contribution in [1.29, 1.82) is 0 Å². The molecule has 2 saturated heterocycles. The number of anilines is 1. The number of amides is 1. The maximum absolute atomic E-state index is 12.6. The molecule has 49 heavy (non-hydrogen) atoms. The highest BCUT2D eigenvalue weighted by molar-refractivity contribution is 5.94. The van der Waals surface area contributed by atoms with E-state index in [1.54, 1.807) is 12.4 Å². The number of carbonyl (C=O) groups excluding carboxylic acids is 1. The highest BCUT2D eigenvalue weighted by Crippen LogP contribution is 2.39. The Bertz CT molecular complexity index is 1810. The SMILES string of the molecule is O=C(NCc1cccc(-c2cccc(C3OC(CN4CCN(c5ncccn5)CC4)CC(c4ccc(CO)cc4)O3)c2)c1)c1ccccc1. The number of piperazine rings is 1. The van der Waals surface area contributed by atoms with Crippen LogP contribution in [0.5, 0.6) is 0 Å². The summed E-state index contributed by atoms with van der Waals surface area (Å²) in [6, 6.07) is 35.7. The van der Waals surface area contributed by atoms with Crippen LogP contribution in [0.25, 0.3) is 11.1 Å². The summed E-state index contributed by atoms with van der Waals surface area (Å²) in [5.41, 5.74) is 6.66. The molecular weight excluding hydrogens is 614 g/mol. The molecule has 3 unspecified atom stereocenters. The van der Waals surface area contributed by atoms with Crippen molar-refractivity contribution in [3.8, 4) is 11.1 Å². The minimum Gasteiger partial charge on any atom is -0.392 e. The molecule has 9 nitrogen and oxygen atoms in total. The first-order valence-corrected chi connectivity index (χ1v) is 16.9. The molecule has 0 radical (unpaired) electrons. The Morgan fingerprint density at radius 3 is 2.24 bits per heavy atom. The number of nitrogens with zero attached hydrogens (tertiary/aromatic N) is 4. The lowest BCUT2D eigenvalue weighted by Gasteiger charge is -2.40. The van der Waals surface area contributed by atoms with Crippen LogP contribution in [0.2, 0.25) is 0 Å². The van der Waals surface area contributed by atoms with Gasteiger partial charge in [-0.2, -0.15) is 0 Å². The van der Waals surface area contributed by atoms with E-state index in [1.807, 2.05) is 78.9 Å². The molecule has 3 atom stereocenters. The van der Waals surface area contributed by atoms with Gasteiger partial charge >= 0.3 is 0 Å². The second-order valence-corrected chi connectivity index (χ2v) is 12.6. The molecule has 4 aromatic carbocycles. The van der Waals surface area contributed by atoms with Gasteiger partial charge in [-0.15, -0.1) is 0 Å². The standard InChI is InChI=1S/C40H41N5O4/c46-28-29-13-15-31(16-14-29)37-25-36(27-44-19-21-45(22-20-44)40-41-17-6-18-42-40)48-39(49-37)35-12-5-11-34(24-35)33-10-4-7-30(23-33)26-43-38(47)32-8-2-1-3-9-32/h1-18,23-24,36-37,39,46H,19-22,25-28H2,(H,43,47). The topological polar surface area (TPSA) is 100 Å². The largest absolute Gasteiger partial charge is 0.392 e. The minimum atomic E-state index is -0.548. The molecule has 0 aliphatic carbocycles. The van der Waals surface area contributed by atoms with Crippen molar-refractivity contribution < 1.29 is 19.4 Å². The van der Waals surface area contributed by atoms with Crippen LogP contribution in [0.4, 0.5) is 5.95 Å². The van der Waals surface area contributed by atoms with Gasteiger partial charge in [0.05, 0.1) is 18.8 Å². The third-order valence-electron chi connectivity index (χ3n) is 9.19. The normalized spacial score (nSPS) is 19.8. The molecule has 0 bridgehead atoms. The number of ether oxygens (including phenoxy) is 2. The van der Waals surface area contributed by atoms with Gasteiger partial charge in [-0.3, -0.25) is 9.69 Å². The highest BCUT2D eigenvalue weighted by atomic mass is 16.7. The molecule has 2 aliphatic rings. The van der Waals surface area contributed by atoms with Gasteiger partial charge in [-0.05, 0) is 58.1 Å². The van der Waals surface area contributed by atoms with Crippen LogP contribution in [0.3, 0.4) is 0 Å². The summed E-state index contributed by atoms with van der Waals surface area (Å²) >= 11 is 0. The molecule has 0 spiro atoms. The predicted molar refractivity (Wildman–Crippen MR) is 189 cm³/mol. The Hall–Kier alpha value is -4.93. The second-order valence-electron chi connectivity index (χ2n) is 12.6. The monoisotopic (exact) mass is 655 g/mol. The first-order valence-electron chi connectivity index (χ1n) is 16.9. The number of aliphatic hydroxyl groups excluding tert-OH is 1. The van der Waals surface area contributed by atoms with E-state index < -0.39 is 6.29 Å². The van der Waals surface area contributed by atoms with Gasteiger partial charge in [0.1, 0.15) is 0 Å². The van der Waals surface area contributed by atoms with Crippen LogP contribution in [0.15, 0.2) is 122 Å². The van der Waals surface area contributed by atoms with Crippen LogP contribution < -0.4 is 10.2 Å². The van der Waals surface area contributed by atoms with Gasteiger partial charge in [-0.25, -0.2) is 9.97 Å². The average Bonchev–Trinajstić information content (AvgIpc) is 3.18. The smallest absolute Gasteiger partial charge is 0.251 e. The van der Waals surface area contributed by atoms with E-state index in [2.05, 4.69) is 55.4 Å². The number of nitrogens with one attached hydrogen (secondary N) is 1. The Balaban J connectivity index is 1.06. The summed E-state index contributed by atoms with van der Waals surface area (Å²) in [6.45, 7) is 4.76. The van der Waals surface area contributed by atoms with Crippen molar-refractivity contribution in [2.75, 3.05) is 37.6 Å². The fraction of sp³-hybridized carbons (Fsp3) is 0.275. The van der Waals surface area contributed by atoms with E-state index in [-0.39, 0.29) is 24.7 Å². The summed E-state index contributed by atoms with van der Waals surface area (Å²) in [7, 11) is 0. The molecule has 1 aromatic heterocycles. The van der Waals surface area contributed by atoms with E-state index in [9.17, 15) is 9.90 Å². The molecule has 250 valence electrons. The number of hydrogen-bond donors (Lipinski definition) is 2. The lowest BCUT2D eigenvalue weighted by Crippen LogP contribution is -2.50. The van der Waals surface area contributed by atoms with Crippen LogP contribution in [0, 0.1) is 0 Å². The Kier molecular flexibility index (Phi) is 10.3. The molecule has 1 amide bonds. The summed E-state index contributed by atoms with van der Waals surface area (Å²) in [5, 5.41) is 12.6. The van der Waals surface area contributed by atoms with Gasteiger partial charge in [0, 0.05) is 69.2 Å². The fourth-order valence-electron chi connectivity index (χ4n) is 6.51. The lowest BCUT2D eigenvalue weighted by molar-refractivity contribution is -0.253. The zero-order valence-electron chi connectivity index (χ0n) is 27.4. The van der Waals surface area contributed by atoms with E-state index in [4.69, 9.17) is 9.47 Å². The van der Waals surface area contributed by atoms with Crippen molar-refractivity contribution in [3.63, 3.8) is 0 Å². The molecule has 0 saturated carbocycles. The zero-order valence-corrected chi connectivity index (χ0v) is 27.4. The number of hydrogen-bond acceptors (Lipinski definition) is 8. The van der Waals surface area contributed by atoms with Crippen LogP contribution >= 0.6 is 0 Å². The summed E-state index contributed by atoms with van der Waals surface area (Å²) in [5.74, 6) is 0.681. The first-order chi connectivity index (χ1) is 24.1. The number of benzene rings is 4. The lowest BCUT2D eigenvalue weighted by atomic mass is 9.98. The quantitative estimate of drug-likeness (QED) is 0.191. The summed E-state index contributed by atoms with van der Waals surface area (Å²) in [6.07, 6.45) is 3.56. The summed E-state index contributed by atoms with van der Waals surface area (Å²) in [4.78, 5) is 26.2. The Labute approximate surface area is 287 Å². The molecule has 5 aromatic rings. The molecule has 2 N–H and O–H groups in total. The molecule has 9 heteroatoms. The van der Waals surface area contributed by atoms with Crippen molar-refractivity contribution in [3.05, 3.63) is 149 Å². The number of carbonyl (C=O) groups is 1. The van der Waals surface area contributed by atoms with Crippen LogP contribution in [0.1, 0.15) is 51.4 Å². The van der Waals surface area contributed by atoms with Gasteiger partial charge < -0.3 is 24.8 Å². The number of aromatic nitrogens is 2. The van der Waals surface area contributed by atoms with E-state index in [0.717, 1.165) is 78.5 Å². The first kappa shape index (κ1) is 32.6. The third-order valence-corrected chi connectivity index (χ3v) is 9.19. The zero-order chi connectivity index (χ0) is 33.4. The van der Waals surface area contributed by atoms with E-state index in [1.165, 1.54) is 0 Å². The highest BCUT2D eigenvalue weighted by Gasteiger charge is 2.34. The van der Waals surface area contributed by atoms with Gasteiger partial charge in [-0.1, -0.05) is 78.9 Å². The van der Waals surface area contributed by atoms with Crippen molar-refractivity contribution in [2.45, 2.75) is 38.1 Å². The van der Waals surface area contributed by atoms with E-state index >= 15 is 0 Å². The molecule has 3 heterocycles. The molecule has 2 fully saturated rings. The molecule has 7 rings (SSSR count). The van der Waals surface area contributed by atoms with Gasteiger partial charge in [0.2, 0.25) is 5.95 Å². The fourth-order valence-corrected chi connectivity index (χ4v) is 6.51. The van der Waals surface area contributed by atoms with Crippen LogP contribution in [-0.2, 0) is 22.6 Å². The van der Waals surface area contributed by atoms with Crippen molar-refractivity contribution >= 4 is 11.9 Å². The van der Waals surface area contributed by atoms with Crippen molar-refractivity contribution in [2.24, 2.45) is 0 Å².